The van der Waals surface area contributed by atoms with Crippen molar-refractivity contribution in [3.05, 3.63) is 59.4 Å². The summed E-state index contributed by atoms with van der Waals surface area (Å²) in [6, 6.07) is 9.75. The lowest BCUT2D eigenvalue weighted by molar-refractivity contribution is -0.117. The molecular weight excluding hydrogens is 240 g/mol. The lowest BCUT2D eigenvalue weighted by Gasteiger charge is -2.20. The van der Waals surface area contributed by atoms with Crippen molar-refractivity contribution in [1.29, 1.82) is 0 Å². The van der Waals surface area contributed by atoms with Crippen molar-refractivity contribution in [2.75, 3.05) is 7.11 Å². The van der Waals surface area contributed by atoms with Crippen LogP contribution < -0.4 is 0 Å². The zero-order valence-corrected chi connectivity index (χ0v) is 11.1. The molecule has 1 atom stereocenters. The minimum atomic E-state index is -0.244. The van der Waals surface area contributed by atoms with Crippen LogP contribution in [0.15, 0.2) is 53.8 Å². The van der Waals surface area contributed by atoms with Crippen LogP contribution in [-0.4, -0.2) is 18.7 Å². The number of carbonyl (C=O) groups excluding carboxylic acids is 2. The number of rotatable bonds is 4. The third kappa shape index (κ3) is 2.65. The first-order valence-corrected chi connectivity index (χ1v) is 6.28. The summed E-state index contributed by atoms with van der Waals surface area (Å²) < 4.78 is 4.89. The van der Waals surface area contributed by atoms with Gasteiger partial charge in [0.05, 0.1) is 7.11 Å². The Hall–Kier alpha value is -2.16. The number of ether oxygens (including phenoxy) is 1. The lowest BCUT2D eigenvalue weighted by Crippen LogP contribution is -2.18. The van der Waals surface area contributed by atoms with Gasteiger partial charge in [-0.15, -0.1) is 0 Å². The number of hydrogen-bond donors (Lipinski definition) is 0. The van der Waals surface area contributed by atoms with Gasteiger partial charge in [-0.1, -0.05) is 37.3 Å². The SMILES string of the molecule is CC[C@H](C1=CC(=O)C(OC)=CC1=O)c1ccccc1. The number of hydrogen-bond acceptors (Lipinski definition) is 3. The minimum absolute atomic E-state index is 0.0488. The van der Waals surface area contributed by atoms with Gasteiger partial charge in [0.2, 0.25) is 5.78 Å². The molecule has 98 valence electrons. The monoisotopic (exact) mass is 256 g/mol. The summed E-state index contributed by atoms with van der Waals surface area (Å²) in [5.74, 6) is -0.331. The molecule has 0 aromatic heterocycles. The van der Waals surface area contributed by atoms with Gasteiger partial charge in [0.25, 0.3) is 0 Å². The molecule has 1 aromatic rings. The predicted molar refractivity (Wildman–Crippen MR) is 72.7 cm³/mol. The fourth-order valence-corrected chi connectivity index (χ4v) is 2.31. The Morgan fingerprint density at radius 1 is 1.05 bits per heavy atom. The lowest BCUT2D eigenvalue weighted by atomic mass is 9.84. The van der Waals surface area contributed by atoms with Gasteiger partial charge in [0.15, 0.2) is 11.5 Å². The molecule has 0 amide bonds. The third-order valence-corrected chi connectivity index (χ3v) is 3.28. The van der Waals surface area contributed by atoms with Crippen molar-refractivity contribution in [2.24, 2.45) is 0 Å². The first-order chi connectivity index (χ1) is 9.17. The van der Waals surface area contributed by atoms with Crippen LogP contribution in [0.3, 0.4) is 0 Å². The highest BCUT2D eigenvalue weighted by Crippen LogP contribution is 2.30. The molecule has 0 bridgehead atoms. The molecule has 0 radical (unpaired) electrons. The Balaban J connectivity index is 2.36. The van der Waals surface area contributed by atoms with E-state index in [1.54, 1.807) is 0 Å². The van der Waals surface area contributed by atoms with Crippen molar-refractivity contribution >= 4 is 11.6 Å². The Morgan fingerprint density at radius 2 is 1.74 bits per heavy atom. The number of carbonyl (C=O) groups is 2. The molecule has 0 N–H and O–H groups in total. The van der Waals surface area contributed by atoms with Crippen molar-refractivity contribution in [2.45, 2.75) is 19.3 Å². The largest absolute Gasteiger partial charge is 0.493 e. The van der Waals surface area contributed by atoms with Crippen LogP contribution in [0, 0.1) is 0 Å². The Morgan fingerprint density at radius 3 is 2.32 bits per heavy atom. The van der Waals surface area contributed by atoms with Crippen molar-refractivity contribution < 1.29 is 14.3 Å². The van der Waals surface area contributed by atoms with Gasteiger partial charge in [-0.3, -0.25) is 9.59 Å². The van der Waals surface area contributed by atoms with Gasteiger partial charge in [-0.05, 0) is 18.1 Å². The summed E-state index contributed by atoms with van der Waals surface area (Å²) in [4.78, 5) is 23.9. The second-order valence-electron chi connectivity index (χ2n) is 4.41. The van der Waals surface area contributed by atoms with E-state index in [-0.39, 0.29) is 23.2 Å². The smallest absolute Gasteiger partial charge is 0.220 e. The van der Waals surface area contributed by atoms with E-state index < -0.39 is 0 Å². The first kappa shape index (κ1) is 13.3. The second kappa shape index (κ2) is 5.65. The molecule has 0 unspecified atom stereocenters. The zero-order chi connectivity index (χ0) is 13.8. The highest BCUT2D eigenvalue weighted by molar-refractivity contribution is 6.19. The van der Waals surface area contributed by atoms with Crippen LogP contribution in [0.1, 0.15) is 24.8 Å². The van der Waals surface area contributed by atoms with Crippen LogP contribution in [0.4, 0.5) is 0 Å². The summed E-state index contributed by atoms with van der Waals surface area (Å²) in [7, 11) is 1.39. The summed E-state index contributed by atoms with van der Waals surface area (Å²) in [5.41, 5.74) is 1.59. The number of allylic oxidation sites excluding steroid dienone is 3. The normalized spacial score (nSPS) is 16.7. The average Bonchev–Trinajstić information content (AvgIpc) is 2.44. The van der Waals surface area contributed by atoms with Gasteiger partial charge in [-0.2, -0.15) is 0 Å². The van der Waals surface area contributed by atoms with Crippen LogP contribution in [0.5, 0.6) is 0 Å². The average molecular weight is 256 g/mol. The predicted octanol–water partition coefficient (Wildman–Crippen LogP) is 2.79. The van der Waals surface area contributed by atoms with Gasteiger partial charge in [0, 0.05) is 17.6 Å². The van der Waals surface area contributed by atoms with Crippen LogP contribution in [-0.2, 0) is 14.3 Å². The van der Waals surface area contributed by atoms with E-state index in [4.69, 9.17) is 4.74 Å². The molecule has 1 aliphatic carbocycles. The Bertz CT molecular complexity index is 553. The number of ketones is 2. The van der Waals surface area contributed by atoms with E-state index >= 15 is 0 Å². The van der Waals surface area contributed by atoms with E-state index in [1.165, 1.54) is 19.3 Å². The second-order valence-corrected chi connectivity index (χ2v) is 4.41. The standard InChI is InChI=1S/C16H16O3/c1-3-12(11-7-5-4-6-8-11)13-9-15(18)16(19-2)10-14(13)17/h4-10,12H,3H2,1-2H3/t12-/m0/s1. The number of methoxy groups -OCH3 is 1. The number of benzene rings is 1. The molecule has 19 heavy (non-hydrogen) atoms. The van der Waals surface area contributed by atoms with E-state index in [2.05, 4.69) is 0 Å². The van der Waals surface area contributed by atoms with E-state index in [0.29, 0.717) is 5.57 Å². The van der Waals surface area contributed by atoms with E-state index in [9.17, 15) is 9.59 Å². The topological polar surface area (TPSA) is 43.4 Å². The molecule has 2 rings (SSSR count). The maximum Gasteiger partial charge on any atom is 0.220 e. The molecule has 0 saturated carbocycles. The quantitative estimate of drug-likeness (QED) is 0.778. The molecule has 0 fully saturated rings. The first-order valence-electron chi connectivity index (χ1n) is 6.28. The zero-order valence-electron chi connectivity index (χ0n) is 11.1. The van der Waals surface area contributed by atoms with Crippen molar-refractivity contribution in [3.8, 4) is 0 Å². The molecular formula is C16H16O3. The summed E-state index contributed by atoms with van der Waals surface area (Å²) >= 11 is 0. The van der Waals surface area contributed by atoms with Crippen LogP contribution in [0.2, 0.25) is 0 Å². The molecule has 0 heterocycles. The van der Waals surface area contributed by atoms with Crippen molar-refractivity contribution in [1.82, 2.24) is 0 Å². The Labute approximate surface area is 112 Å². The van der Waals surface area contributed by atoms with Crippen molar-refractivity contribution in [3.63, 3.8) is 0 Å². The maximum absolute atomic E-state index is 12.1. The molecule has 3 nitrogen and oxygen atoms in total. The highest BCUT2D eigenvalue weighted by Gasteiger charge is 2.26. The molecule has 0 saturated heterocycles. The third-order valence-electron chi connectivity index (χ3n) is 3.28. The molecule has 0 aliphatic heterocycles. The fourth-order valence-electron chi connectivity index (χ4n) is 2.31. The maximum atomic E-state index is 12.1. The van der Waals surface area contributed by atoms with Crippen LogP contribution >= 0.6 is 0 Å². The van der Waals surface area contributed by atoms with Crippen LogP contribution in [0.25, 0.3) is 0 Å². The minimum Gasteiger partial charge on any atom is -0.493 e. The highest BCUT2D eigenvalue weighted by atomic mass is 16.5. The summed E-state index contributed by atoms with van der Waals surface area (Å²) in [6.45, 7) is 2.01. The molecule has 1 aromatic carbocycles. The summed E-state index contributed by atoms with van der Waals surface area (Å²) in [6.07, 6.45) is 3.45. The molecule has 3 heteroatoms. The summed E-state index contributed by atoms with van der Waals surface area (Å²) in [5, 5.41) is 0. The van der Waals surface area contributed by atoms with Gasteiger partial charge >= 0.3 is 0 Å². The van der Waals surface area contributed by atoms with E-state index in [0.717, 1.165) is 12.0 Å². The van der Waals surface area contributed by atoms with Gasteiger partial charge in [0.1, 0.15) is 0 Å². The Kier molecular flexibility index (Phi) is 3.95. The molecule has 0 spiro atoms. The molecule has 1 aliphatic rings. The van der Waals surface area contributed by atoms with Gasteiger partial charge in [-0.25, -0.2) is 0 Å². The van der Waals surface area contributed by atoms with E-state index in [1.807, 2.05) is 37.3 Å². The fraction of sp³-hybridized carbons (Fsp3) is 0.250. The van der Waals surface area contributed by atoms with Gasteiger partial charge < -0.3 is 4.74 Å².